The quantitative estimate of drug-likeness (QED) is 0.0968. The molecule has 1 aliphatic heterocycles. The molecule has 1 aliphatic rings. The molecule has 256 valence electrons. The van der Waals surface area contributed by atoms with Crippen LogP contribution < -0.4 is 16.0 Å². The van der Waals surface area contributed by atoms with Gasteiger partial charge in [0.1, 0.15) is 5.70 Å². The van der Waals surface area contributed by atoms with Gasteiger partial charge in [0, 0.05) is 69.4 Å². The highest BCUT2D eigenvalue weighted by Gasteiger charge is 2.16. The van der Waals surface area contributed by atoms with Crippen molar-refractivity contribution in [3.05, 3.63) is 107 Å². The maximum absolute atomic E-state index is 12.9. The monoisotopic (exact) mass is 660 g/mol. The molecule has 4 aromatic rings. The van der Waals surface area contributed by atoms with Crippen LogP contribution in [0.25, 0.3) is 22.2 Å². The lowest BCUT2D eigenvalue weighted by Crippen LogP contribution is -2.48. The Morgan fingerprint density at radius 2 is 1.96 bits per heavy atom. The number of carbonyl (C=O) groups is 2. The topological polar surface area (TPSA) is 117 Å². The molecule has 1 fully saturated rings. The van der Waals surface area contributed by atoms with E-state index in [0.29, 0.717) is 19.1 Å². The summed E-state index contributed by atoms with van der Waals surface area (Å²) in [5, 5.41) is 14.8. The van der Waals surface area contributed by atoms with Gasteiger partial charge in [0.2, 0.25) is 5.91 Å². The molecule has 1 atom stereocenters. The first-order valence-corrected chi connectivity index (χ1v) is 17.1. The van der Waals surface area contributed by atoms with Gasteiger partial charge in [-0.25, -0.2) is 9.67 Å². The van der Waals surface area contributed by atoms with E-state index in [1.54, 1.807) is 24.4 Å². The Balaban J connectivity index is 1.12. The number of benzene rings is 2. The van der Waals surface area contributed by atoms with Crippen molar-refractivity contribution in [3.63, 3.8) is 0 Å². The van der Waals surface area contributed by atoms with Gasteiger partial charge in [-0.05, 0) is 91.6 Å². The molecule has 2 amide bonds. The van der Waals surface area contributed by atoms with E-state index in [0.717, 1.165) is 67.0 Å². The van der Waals surface area contributed by atoms with E-state index in [1.807, 2.05) is 24.6 Å². The second-order valence-corrected chi connectivity index (χ2v) is 12.6. The van der Waals surface area contributed by atoms with Crippen molar-refractivity contribution in [3.8, 4) is 11.1 Å². The van der Waals surface area contributed by atoms with Crippen LogP contribution in [-0.2, 0) is 42.2 Å². The normalized spacial score (nSPS) is 15.5. The Bertz CT molecular complexity index is 1860. The molecule has 0 bridgehead atoms. The predicted octanol–water partition coefficient (Wildman–Crippen LogP) is 5.25. The average Bonchev–Trinajstić information content (AvgIpc) is 3.51. The van der Waals surface area contributed by atoms with E-state index in [-0.39, 0.29) is 23.9 Å². The van der Waals surface area contributed by atoms with Gasteiger partial charge in [0.25, 0.3) is 5.91 Å². The minimum atomic E-state index is -0.352. The van der Waals surface area contributed by atoms with Crippen LogP contribution in [0.15, 0.2) is 83.6 Å². The smallest absolute Gasteiger partial charge is 0.270 e. The second kappa shape index (κ2) is 16.9. The summed E-state index contributed by atoms with van der Waals surface area (Å²) >= 11 is 0. The van der Waals surface area contributed by atoms with Crippen molar-refractivity contribution in [2.45, 2.75) is 72.8 Å². The molecule has 10 heteroatoms. The molecule has 1 unspecified atom stereocenters. The summed E-state index contributed by atoms with van der Waals surface area (Å²) in [7, 11) is 0. The van der Waals surface area contributed by atoms with E-state index in [4.69, 9.17) is 4.98 Å². The standard InChI is InChI=1S/C39H48N8O2/c1-6-35-32(21-33-24-44-47(7-2)38(33)45-35)23-43-39(49)36(40-5)13-8-9-14-37(48)42-22-29-16-15-27(3)34(20-29)31-12-10-11-30(19-31)26-46-18-17-41-28(4)25-46/h8-13,15-16,19-21,24,28,41H,5-7,14,17-18,22-23,25-26H2,1-4H3,(H,42,48)(H,43,49)/b9-8-,36-13-. The fourth-order valence-corrected chi connectivity index (χ4v) is 6.19. The first-order valence-electron chi connectivity index (χ1n) is 17.1. The van der Waals surface area contributed by atoms with Gasteiger partial charge in [0.15, 0.2) is 5.65 Å². The van der Waals surface area contributed by atoms with Crippen molar-refractivity contribution in [2.75, 3.05) is 19.6 Å². The number of rotatable bonds is 14. The van der Waals surface area contributed by atoms with Gasteiger partial charge in [-0.2, -0.15) is 5.10 Å². The Labute approximate surface area is 289 Å². The molecule has 49 heavy (non-hydrogen) atoms. The summed E-state index contributed by atoms with van der Waals surface area (Å²) in [6.45, 7) is 17.5. The molecule has 2 aromatic carbocycles. The van der Waals surface area contributed by atoms with Gasteiger partial charge in [-0.15, -0.1) is 0 Å². The number of hydrogen-bond donors (Lipinski definition) is 3. The lowest BCUT2D eigenvalue weighted by atomic mass is 9.96. The van der Waals surface area contributed by atoms with Crippen LogP contribution in [0.5, 0.6) is 0 Å². The van der Waals surface area contributed by atoms with Crippen molar-refractivity contribution in [1.29, 1.82) is 0 Å². The highest BCUT2D eigenvalue weighted by atomic mass is 16.2. The Hall–Kier alpha value is -4.93. The zero-order chi connectivity index (χ0) is 34.8. The number of fused-ring (bicyclic) bond motifs is 1. The van der Waals surface area contributed by atoms with Crippen LogP contribution >= 0.6 is 0 Å². The number of aromatic nitrogens is 3. The minimum absolute atomic E-state index is 0.113. The van der Waals surface area contributed by atoms with Gasteiger partial charge in [0.05, 0.1) is 6.20 Å². The van der Waals surface area contributed by atoms with Crippen LogP contribution in [0.4, 0.5) is 0 Å². The number of pyridine rings is 1. The highest BCUT2D eigenvalue weighted by molar-refractivity contribution is 5.94. The molecule has 5 rings (SSSR count). The molecule has 0 saturated carbocycles. The Morgan fingerprint density at radius 3 is 2.73 bits per heavy atom. The van der Waals surface area contributed by atoms with E-state index < -0.39 is 0 Å². The molecule has 0 radical (unpaired) electrons. The number of aliphatic imine (C=N–C) groups is 1. The summed E-state index contributed by atoms with van der Waals surface area (Å²) < 4.78 is 1.86. The van der Waals surface area contributed by atoms with E-state index >= 15 is 0 Å². The largest absolute Gasteiger partial charge is 0.352 e. The van der Waals surface area contributed by atoms with Gasteiger partial charge < -0.3 is 16.0 Å². The molecule has 0 spiro atoms. The summed E-state index contributed by atoms with van der Waals surface area (Å²) in [6.07, 6.45) is 7.63. The molecule has 1 saturated heterocycles. The van der Waals surface area contributed by atoms with E-state index in [9.17, 15) is 9.59 Å². The highest BCUT2D eigenvalue weighted by Crippen LogP contribution is 2.26. The lowest BCUT2D eigenvalue weighted by molar-refractivity contribution is -0.120. The average molecular weight is 661 g/mol. The number of piperazine rings is 1. The van der Waals surface area contributed by atoms with Crippen molar-refractivity contribution >= 4 is 29.6 Å². The second-order valence-electron chi connectivity index (χ2n) is 12.6. The number of amides is 2. The van der Waals surface area contributed by atoms with Gasteiger partial charge >= 0.3 is 0 Å². The zero-order valence-corrected chi connectivity index (χ0v) is 29.1. The van der Waals surface area contributed by atoms with E-state index in [2.05, 4.69) is 94.0 Å². The number of aryl methyl sites for hydroxylation is 3. The van der Waals surface area contributed by atoms with Crippen LogP contribution in [-0.4, -0.2) is 63.9 Å². The van der Waals surface area contributed by atoms with Crippen LogP contribution in [0.2, 0.25) is 0 Å². The fourth-order valence-electron chi connectivity index (χ4n) is 6.19. The summed E-state index contributed by atoms with van der Waals surface area (Å²) in [4.78, 5) is 36.7. The third-order valence-corrected chi connectivity index (χ3v) is 8.84. The number of allylic oxidation sites excluding steroid dienone is 2. The number of nitrogens with one attached hydrogen (secondary N) is 3. The van der Waals surface area contributed by atoms with E-state index in [1.165, 1.54) is 22.3 Å². The van der Waals surface area contributed by atoms with Crippen LogP contribution in [0, 0.1) is 6.92 Å². The summed E-state index contributed by atoms with van der Waals surface area (Å²) in [5.74, 6) is -0.465. The number of nitrogens with zero attached hydrogens (tertiary/aromatic N) is 5. The molecular formula is C39H48N8O2. The predicted molar refractivity (Wildman–Crippen MR) is 197 cm³/mol. The third kappa shape index (κ3) is 9.37. The van der Waals surface area contributed by atoms with Crippen molar-refractivity contribution in [2.24, 2.45) is 4.99 Å². The number of hydrogen-bond acceptors (Lipinski definition) is 7. The van der Waals surface area contributed by atoms with Crippen LogP contribution in [0.3, 0.4) is 0 Å². The maximum atomic E-state index is 12.9. The lowest BCUT2D eigenvalue weighted by Gasteiger charge is -2.31. The molecule has 3 heterocycles. The molecule has 2 aromatic heterocycles. The Kier molecular flexibility index (Phi) is 12.2. The summed E-state index contributed by atoms with van der Waals surface area (Å²) in [5.41, 5.74) is 8.75. The Morgan fingerprint density at radius 1 is 1.10 bits per heavy atom. The van der Waals surface area contributed by atoms with Crippen LogP contribution in [0.1, 0.15) is 55.1 Å². The molecule has 10 nitrogen and oxygen atoms in total. The van der Waals surface area contributed by atoms with Gasteiger partial charge in [-0.3, -0.25) is 19.5 Å². The summed E-state index contributed by atoms with van der Waals surface area (Å²) in [6, 6.07) is 17.6. The molecular weight excluding hydrogens is 612 g/mol. The first kappa shape index (κ1) is 35.4. The van der Waals surface area contributed by atoms with Crippen molar-refractivity contribution in [1.82, 2.24) is 35.6 Å². The number of carbonyl (C=O) groups excluding carboxylic acids is 2. The third-order valence-electron chi connectivity index (χ3n) is 8.84. The van der Waals surface area contributed by atoms with Gasteiger partial charge in [-0.1, -0.05) is 49.4 Å². The molecule has 3 N–H and O–H groups in total. The fraction of sp³-hybridized carbons (Fsp3) is 0.359. The zero-order valence-electron chi connectivity index (χ0n) is 29.1. The SMILES string of the molecule is C=N/C(=C\C=C/CC(=O)NCc1ccc(C)c(-c2cccc(CN3CCNC(C)C3)c2)c1)C(=O)NCc1cc2cnn(CC)c2nc1CC. The van der Waals surface area contributed by atoms with Crippen molar-refractivity contribution < 1.29 is 9.59 Å². The minimum Gasteiger partial charge on any atom is -0.352 e. The molecule has 0 aliphatic carbocycles. The maximum Gasteiger partial charge on any atom is 0.270 e. The first-order chi connectivity index (χ1) is 23.8.